The Morgan fingerprint density at radius 1 is 1.06 bits per heavy atom. The van der Waals surface area contributed by atoms with Crippen LogP contribution in [0.5, 0.6) is 0 Å². The highest BCUT2D eigenvalue weighted by Crippen LogP contribution is 2.28. The third-order valence-electron chi connectivity index (χ3n) is 2.79. The zero-order valence-electron chi connectivity index (χ0n) is 9.50. The van der Waals surface area contributed by atoms with Gasteiger partial charge in [0.25, 0.3) is 0 Å². The molecule has 0 radical (unpaired) electrons. The summed E-state index contributed by atoms with van der Waals surface area (Å²) in [7, 11) is 2.06. The first-order chi connectivity index (χ1) is 8.36. The predicted molar refractivity (Wildman–Crippen MR) is 72.0 cm³/mol. The van der Waals surface area contributed by atoms with E-state index in [1.807, 2.05) is 24.4 Å². The van der Waals surface area contributed by atoms with Crippen LogP contribution in [0.3, 0.4) is 0 Å². The highest BCUT2D eigenvalue weighted by Gasteiger charge is 2.10. The van der Waals surface area contributed by atoms with E-state index >= 15 is 0 Å². The average Bonchev–Trinajstić information content (AvgIpc) is 2.99. The third-order valence-corrected chi connectivity index (χ3v) is 3.69. The molecule has 17 heavy (non-hydrogen) atoms. The Morgan fingerprint density at radius 3 is 2.59 bits per heavy atom. The molecule has 3 rings (SSSR count). The quantitative estimate of drug-likeness (QED) is 0.666. The lowest BCUT2D eigenvalue weighted by Crippen LogP contribution is -1.94. The maximum absolute atomic E-state index is 4.51. The SMILES string of the molecule is Cn1c(-c2cccs2)cnc1-c1ccccc1. The molecular formula is C14H12N2S. The minimum Gasteiger partial charge on any atom is -0.326 e. The first-order valence-electron chi connectivity index (χ1n) is 5.47. The fraction of sp³-hybridized carbons (Fsp3) is 0.0714. The summed E-state index contributed by atoms with van der Waals surface area (Å²) in [6.07, 6.45) is 1.94. The third kappa shape index (κ3) is 1.78. The second kappa shape index (κ2) is 4.18. The van der Waals surface area contributed by atoms with Crippen molar-refractivity contribution < 1.29 is 0 Å². The zero-order valence-corrected chi connectivity index (χ0v) is 10.3. The summed E-state index contributed by atoms with van der Waals surface area (Å²) in [5.41, 5.74) is 2.32. The van der Waals surface area contributed by atoms with Crippen LogP contribution in [0, 0.1) is 0 Å². The molecule has 0 saturated heterocycles. The van der Waals surface area contributed by atoms with Gasteiger partial charge < -0.3 is 4.57 Å². The van der Waals surface area contributed by atoms with Crippen LogP contribution in [-0.2, 0) is 7.05 Å². The zero-order chi connectivity index (χ0) is 11.7. The van der Waals surface area contributed by atoms with Crippen LogP contribution in [0.1, 0.15) is 0 Å². The van der Waals surface area contributed by atoms with E-state index < -0.39 is 0 Å². The van der Waals surface area contributed by atoms with Gasteiger partial charge in [-0.1, -0.05) is 36.4 Å². The van der Waals surface area contributed by atoms with Gasteiger partial charge in [-0.05, 0) is 11.4 Å². The average molecular weight is 240 g/mol. The van der Waals surface area contributed by atoms with Gasteiger partial charge in [0.15, 0.2) is 0 Å². The molecule has 0 fully saturated rings. The lowest BCUT2D eigenvalue weighted by molar-refractivity contribution is 0.935. The Morgan fingerprint density at radius 2 is 1.88 bits per heavy atom. The molecule has 0 aliphatic rings. The molecule has 2 nitrogen and oxygen atoms in total. The largest absolute Gasteiger partial charge is 0.326 e. The number of imidazole rings is 1. The van der Waals surface area contributed by atoms with Crippen LogP contribution in [0.2, 0.25) is 0 Å². The van der Waals surface area contributed by atoms with Crippen LogP contribution in [0.25, 0.3) is 22.0 Å². The number of nitrogens with zero attached hydrogens (tertiary/aromatic N) is 2. The van der Waals surface area contributed by atoms with Crippen molar-refractivity contribution in [2.45, 2.75) is 0 Å². The van der Waals surface area contributed by atoms with E-state index in [-0.39, 0.29) is 0 Å². The summed E-state index contributed by atoms with van der Waals surface area (Å²) >= 11 is 1.74. The van der Waals surface area contributed by atoms with E-state index in [2.05, 4.69) is 46.2 Å². The van der Waals surface area contributed by atoms with E-state index in [1.54, 1.807) is 11.3 Å². The van der Waals surface area contributed by atoms with Crippen molar-refractivity contribution in [3.05, 3.63) is 54.0 Å². The lowest BCUT2D eigenvalue weighted by Gasteiger charge is -2.04. The van der Waals surface area contributed by atoms with Gasteiger partial charge in [-0.2, -0.15) is 0 Å². The Balaban J connectivity index is 2.10. The van der Waals surface area contributed by atoms with Crippen molar-refractivity contribution in [3.63, 3.8) is 0 Å². The van der Waals surface area contributed by atoms with Crippen LogP contribution >= 0.6 is 11.3 Å². The predicted octanol–water partition coefficient (Wildman–Crippen LogP) is 3.82. The first kappa shape index (κ1) is 10.3. The van der Waals surface area contributed by atoms with Gasteiger partial charge in [-0.15, -0.1) is 11.3 Å². The van der Waals surface area contributed by atoms with Gasteiger partial charge in [0.1, 0.15) is 5.82 Å². The highest BCUT2D eigenvalue weighted by atomic mass is 32.1. The van der Waals surface area contributed by atoms with E-state index in [0.29, 0.717) is 0 Å². The summed E-state index contributed by atoms with van der Waals surface area (Å²) in [5, 5.41) is 2.09. The molecule has 3 heteroatoms. The van der Waals surface area contributed by atoms with Crippen LogP contribution < -0.4 is 0 Å². The number of hydrogen-bond donors (Lipinski definition) is 0. The summed E-state index contributed by atoms with van der Waals surface area (Å²) in [6.45, 7) is 0. The molecule has 0 bridgehead atoms. The molecule has 0 atom stereocenters. The fourth-order valence-corrected chi connectivity index (χ4v) is 2.69. The normalized spacial score (nSPS) is 10.6. The molecule has 0 amide bonds. The van der Waals surface area contributed by atoms with Crippen molar-refractivity contribution in [2.75, 3.05) is 0 Å². The number of thiophene rings is 1. The monoisotopic (exact) mass is 240 g/mol. The number of benzene rings is 1. The van der Waals surface area contributed by atoms with Gasteiger partial charge in [-0.3, -0.25) is 0 Å². The molecule has 1 aromatic carbocycles. The van der Waals surface area contributed by atoms with Crippen molar-refractivity contribution in [3.8, 4) is 22.0 Å². The summed E-state index contributed by atoms with van der Waals surface area (Å²) in [4.78, 5) is 5.76. The highest BCUT2D eigenvalue weighted by molar-refractivity contribution is 7.13. The Bertz CT molecular complexity index is 609. The summed E-state index contributed by atoms with van der Waals surface area (Å²) in [6, 6.07) is 14.4. The molecule has 2 aromatic heterocycles. The minimum absolute atomic E-state index is 1.01. The minimum atomic E-state index is 1.01. The first-order valence-corrected chi connectivity index (χ1v) is 6.35. The van der Waals surface area contributed by atoms with Crippen LogP contribution in [0.4, 0.5) is 0 Å². The molecule has 0 unspecified atom stereocenters. The molecule has 0 N–H and O–H groups in total. The van der Waals surface area contributed by atoms with E-state index in [9.17, 15) is 0 Å². The van der Waals surface area contributed by atoms with Gasteiger partial charge >= 0.3 is 0 Å². The molecular weight excluding hydrogens is 228 g/mol. The van der Waals surface area contributed by atoms with Gasteiger partial charge in [0.2, 0.25) is 0 Å². The Kier molecular flexibility index (Phi) is 2.53. The number of rotatable bonds is 2. The number of hydrogen-bond acceptors (Lipinski definition) is 2. The molecule has 3 aromatic rings. The topological polar surface area (TPSA) is 17.8 Å². The lowest BCUT2D eigenvalue weighted by atomic mass is 10.2. The van der Waals surface area contributed by atoms with Crippen molar-refractivity contribution in [1.82, 2.24) is 9.55 Å². The Labute approximate surface area is 104 Å². The van der Waals surface area contributed by atoms with Gasteiger partial charge in [-0.25, -0.2) is 4.98 Å². The van der Waals surface area contributed by atoms with Gasteiger partial charge in [0, 0.05) is 12.6 Å². The summed E-state index contributed by atoms with van der Waals surface area (Å²) in [5.74, 6) is 1.01. The van der Waals surface area contributed by atoms with Crippen LogP contribution in [0.15, 0.2) is 54.0 Å². The molecule has 0 spiro atoms. The van der Waals surface area contributed by atoms with Crippen molar-refractivity contribution >= 4 is 11.3 Å². The van der Waals surface area contributed by atoms with E-state index in [4.69, 9.17) is 0 Å². The van der Waals surface area contributed by atoms with Crippen molar-refractivity contribution in [2.24, 2.45) is 7.05 Å². The maximum atomic E-state index is 4.51. The second-order valence-electron chi connectivity index (χ2n) is 3.87. The fourth-order valence-electron chi connectivity index (χ4n) is 1.92. The molecule has 2 heterocycles. The Hall–Kier alpha value is -1.87. The standard InChI is InChI=1S/C14H12N2S/c1-16-12(13-8-5-9-17-13)10-15-14(16)11-6-3-2-4-7-11/h2-10H,1H3. The van der Waals surface area contributed by atoms with E-state index in [0.717, 1.165) is 11.4 Å². The number of aromatic nitrogens is 2. The van der Waals surface area contributed by atoms with Gasteiger partial charge in [0.05, 0.1) is 16.8 Å². The van der Waals surface area contributed by atoms with E-state index in [1.165, 1.54) is 10.6 Å². The molecule has 0 aliphatic carbocycles. The molecule has 84 valence electrons. The molecule has 0 saturated carbocycles. The second-order valence-corrected chi connectivity index (χ2v) is 4.82. The van der Waals surface area contributed by atoms with Crippen LogP contribution in [-0.4, -0.2) is 9.55 Å². The smallest absolute Gasteiger partial charge is 0.140 e. The summed E-state index contributed by atoms with van der Waals surface area (Å²) < 4.78 is 2.14. The molecule has 0 aliphatic heterocycles. The van der Waals surface area contributed by atoms with Crippen molar-refractivity contribution in [1.29, 1.82) is 0 Å². The maximum Gasteiger partial charge on any atom is 0.140 e.